The van der Waals surface area contributed by atoms with Gasteiger partial charge in [-0.25, -0.2) is 0 Å². The lowest BCUT2D eigenvalue weighted by atomic mass is 10.00. The van der Waals surface area contributed by atoms with Crippen LogP contribution in [0.5, 0.6) is 11.5 Å². The Morgan fingerprint density at radius 2 is 2.00 bits per heavy atom. The van der Waals surface area contributed by atoms with Crippen molar-refractivity contribution >= 4 is 12.4 Å². The highest BCUT2D eigenvalue weighted by Gasteiger charge is 2.13. The largest absolute Gasteiger partial charge is 0.504 e. The van der Waals surface area contributed by atoms with E-state index in [1.54, 1.807) is 6.07 Å². The van der Waals surface area contributed by atoms with Gasteiger partial charge in [0.25, 0.3) is 0 Å². The Balaban J connectivity index is 0.00000289. The molecule has 3 N–H and O–H groups in total. The first-order chi connectivity index (χ1) is 8.20. The van der Waals surface area contributed by atoms with E-state index >= 15 is 0 Å². The Morgan fingerprint density at radius 1 is 1.28 bits per heavy atom. The van der Waals surface area contributed by atoms with Crippen molar-refractivity contribution in [3.63, 3.8) is 0 Å². The van der Waals surface area contributed by atoms with Crippen LogP contribution in [0.3, 0.4) is 0 Å². The molecule has 1 rings (SSSR count). The smallest absolute Gasteiger partial charge is 0.162 e. The highest BCUT2D eigenvalue weighted by atomic mass is 35.5. The molecule has 1 aromatic rings. The van der Waals surface area contributed by atoms with Crippen molar-refractivity contribution in [2.75, 3.05) is 6.61 Å². The van der Waals surface area contributed by atoms with Crippen molar-refractivity contribution in [3.05, 3.63) is 23.8 Å². The molecule has 0 saturated carbocycles. The number of hydrogen-bond donors (Lipinski definition) is 2. The fraction of sp³-hybridized carbons (Fsp3) is 0.571. The summed E-state index contributed by atoms with van der Waals surface area (Å²) in [6, 6.07) is 5.40. The lowest BCUT2D eigenvalue weighted by Crippen LogP contribution is -2.10. The molecule has 0 heterocycles. The second-order valence-corrected chi connectivity index (χ2v) is 4.23. The number of aromatic hydroxyl groups is 1. The number of ether oxygens (including phenoxy) is 1. The molecule has 0 fully saturated rings. The van der Waals surface area contributed by atoms with Crippen LogP contribution in [0.2, 0.25) is 0 Å². The zero-order valence-corrected chi connectivity index (χ0v) is 12.0. The normalized spacial score (nSPS) is 11.7. The number of phenols is 1. The van der Waals surface area contributed by atoms with Crippen molar-refractivity contribution in [3.8, 4) is 11.5 Å². The molecule has 1 aromatic carbocycles. The summed E-state index contributed by atoms with van der Waals surface area (Å²) in [4.78, 5) is 0. The summed E-state index contributed by atoms with van der Waals surface area (Å²) in [5, 5.41) is 10.0. The average Bonchev–Trinajstić information content (AvgIpc) is 2.32. The molecular weight excluding hydrogens is 250 g/mol. The Bertz CT molecular complexity index is 345. The Hall–Kier alpha value is -0.930. The number of nitrogens with two attached hydrogens (primary N) is 1. The molecule has 104 valence electrons. The number of unbranched alkanes of at least 4 members (excludes halogenated alkanes) is 2. The first kappa shape index (κ1) is 17.1. The molecule has 0 aliphatic heterocycles. The average molecular weight is 274 g/mol. The van der Waals surface area contributed by atoms with Gasteiger partial charge in [-0.15, -0.1) is 12.4 Å². The zero-order chi connectivity index (χ0) is 12.7. The highest BCUT2D eigenvalue weighted by molar-refractivity contribution is 5.85. The van der Waals surface area contributed by atoms with E-state index in [9.17, 15) is 5.11 Å². The van der Waals surface area contributed by atoms with Crippen LogP contribution in [0.1, 0.15) is 51.1 Å². The molecule has 4 heteroatoms. The van der Waals surface area contributed by atoms with Crippen molar-refractivity contribution in [1.29, 1.82) is 0 Å². The standard InChI is InChI=1S/C14H23NO2.ClH/c1-3-5-6-9-12(15)11-8-7-10-13(14(11)16)17-4-2;/h7-8,10,12,16H,3-6,9,15H2,1-2H3;1H/t12-;/m1./s1. The van der Waals surface area contributed by atoms with Gasteiger partial charge in [0.15, 0.2) is 11.5 Å². The molecule has 0 bridgehead atoms. The predicted octanol–water partition coefficient (Wildman–Crippen LogP) is 3.79. The lowest BCUT2D eigenvalue weighted by Gasteiger charge is -2.15. The molecule has 1 atom stereocenters. The summed E-state index contributed by atoms with van der Waals surface area (Å²) in [6.07, 6.45) is 4.35. The SMILES string of the molecule is CCCCC[C@@H](N)c1cccc(OCC)c1O.Cl. The van der Waals surface area contributed by atoms with Crippen LogP contribution in [-0.4, -0.2) is 11.7 Å². The minimum atomic E-state index is -0.109. The Morgan fingerprint density at radius 3 is 2.61 bits per heavy atom. The summed E-state index contributed by atoms with van der Waals surface area (Å²) < 4.78 is 5.35. The fourth-order valence-corrected chi connectivity index (χ4v) is 1.88. The Labute approximate surface area is 116 Å². The van der Waals surface area contributed by atoms with Crippen molar-refractivity contribution < 1.29 is 9.84 Å². The van der Waals surface area contributed by atoms with Gasteiger partial charge in [-0.2, -0.15) is 0 Å². The molecule has 0 aliphatic carbocycles. The van der Waals surface area contributed by atoms with Gasteiger partial charge in [-0.1, -0.05) is 38.3 Å². The molecule has 0 amide bonds. The van der Waals surface area contributed by atoms with Crippen LogP contribution >= 0.6 is 12.4 Å². The topological polar surface area (TPSA) is 55.5 Å². The maximum Gasteiger partial charge on any atom is 0.162 e. The first-order valence-corrected chi connectivity index (χ1v) is 6.40. The molecule has 0 radical (unpaired) electrons. The van der Waals surface area contributed by atoms with Gasteiger partial charge in [0.2, 0.25) is 0 Å². The number of rotatable bonds is 7. The summed E-state index contributed by atoms with van der Waals surface area (Å²) in [5.74, 6) is 0.717. The highest BCUT2D eigenvalue weighted by Crippen LogP contribution is 2.34. The van der Waals surface area contributed by atoms with E-state index in [0.29, 0.717) is 12.4 Å². The molecule has 0 unspecified atom stereocenters. The summed E-state index contributed by atoms with van der Waals surface area (Å²) in [6.45, 7) is 4.61. The Kier molecular flexibility index (Phi) is 8.59. The molecule has 18 heavy (non-hydrogen) atoms. The van der Waals surface area contributed by atoms with Gasteiger partial charge in [0.05, 0.1) is 6.61 Å². The van der Waals surface area contributed by atoms with E-state index in [1.807, 2.05) is 19.1 Å². The number of halogens is 1. The minimum absolute atomic E-state index is 0. The molecular formula is C14H24ClNO2. The summed E-state index contributed by atoms with van der Waals surface area (Å²) >= 11 is 0. The van der Waals surface area contributed by atoms with E-state index in [0.717, 1.165) is 18.4 Å². The van der Waals surface area contributed by atoms with Gasteiger partial charge in [-0.3, -0.25) is 0 Å². The van der Waals surface area contributed by atoms with E-state index in [-0.39, 0.29) is 24.2 Å². The summed E-state index contributed by atoms with van der Waals surface area (Å²) in [7, 11) is 0. The fourth-order valence-electron chi connectivity index (χ4n) is 1.88. The van der Waals surface area contributed by atoms with Gasteiger partial charge in [-0.05, 0) is 19.4 Å². The van der Waals surface area contributed by atoms with Crippen molar-refractivity contribution in [2.45, 2.75) is 45.6 Å². The molecule has 0 saturated heterocycles. The molecule has 3 nitrogen and oxygen atoms in total. The van der Waals surface area contributed by atoms with E-state index in [2.05, 4.69) is 6.92 Å². The number of benzene rings is 1. The van der Waals surface area contributed by atoms with Gasteiger partial charge >= 0.3 is 0 Å². The second kappa shape index (κ2) is 9.06. The van der Waals surface area contributed by atoms with Crippen LogP contribution < -0.4 is 10.5 Å². The van der Waals surface area contributed by atoms with E-state index in [4.69, 9.17) is 10.5 Å². The maximum absolute atomic E-state index is 10.0. The maximum atomic E-state index is 10.0. The number of hydrogen-bond acceptors (Lipinski definition) is 3. The van der Waals surface area contributed by atoms with Gasteiger partial charge in [0.1, 0.15) is 0 Å². The minimum Gasteiger partial charge on any atom is -0.504 e. The predicted molar refractivity (Wildman–Crippen MR) is 77.6 cm³/mol. The van der Waals surface area contributed by atoms with Gasteiger partial charge < -0.3 is 15.6 Å². The molecule has 0 aromatic heterocycles. The van der Waals surface area contributed by atoms with Crippen LogP contribution in [0.4, 0.5) is 0 Å². The van der Waals surface area contributed by atoms with Gasteiger partial charge in [0, 0.05) is 11.6 Å². The number of phenolic OH excluding ortho intramolecular Hbond substituents is 1. The lowest BCUT2D eigenvalue weighted by molar-refractivity contribution is 0.315. The van der Waals surface area contributed by atoms with Crippen LogP contribution in [-0.2, 0) is 0 Å². The van der Waals surface area contributed by atoms with E-state index in [1.165, 1.54) is 12.8 Å². The molecule has 0 spiro atoms. The van der Waals surface area contributed by atoms with Crippen molar-refractivity contribution in [1.82, 2.24) is 0 Å². The third kappa shape index (κ3) is 4.75. The third-order valence-electron chi connectivity index (χ3n) is 2.85. The first-order valence-electron chi connectivity index (χ1n) is 6.40. The quantitative estimate of drug-likeness (QED) is 0.743. The van der Waals surface area contributed by atoms with Crippen LogP contribution in [0.25, 0.3) is 0 Å². The van der Waals surface area contributed by atoms with Crippen LogP contribution in [0.15, 0.2) is 18.2 Å². The van der Waals surface area contributed by atoms with E-state index < -0.39 is 0 Å². The summed E-state index contributed by atoms with van der Waals surface area (Å²) in [5.41, 5.74) is 6.87. The van der Waals surface area contributed by atoms with Crippen molar-refractivity contribution in [2.24, 2.45) is 5.73 Å². The third-order valence-corrected chi connectivity index (χ3v) is 2.85. The molecule has 0 aliphatic rings. The van der Waals surface area contributed by atoms with Crippen LogP contribution in [0, 0.1) is 0 Å². The second-order valence-electron chi connectivity index (χ2n) is 4.23. The zero-order valence-electron chi connectivity index (χ0n) is 11.2. The monoisotopic (exact) mass is 273 g/mol. The number of para-hydroxylation sites is 1.